The van der Waals surface area contributed by atoms with Crippen LogP contribution < -0.4 is 5.73 Å². The van der Waals surface area contributed by atoms with Crippen molar-refractivity contribution in [2.45, 2.75) is 32.7 Å². The van der Waals surface area contributed by atoms with Gasteiger partial charge in [-0.2, -0.15) is 0 Å². The zero-order chi connectivity index (χ0) is 12.3. The Morgan fingerprint density at radius 1 is 1.24 bits per heavy atom. The minimum absolute atomic E-state index is 0.0448. The third-order valence-electron chi connectivity index (χ3n) is 3.11. The van der Waals surface area contributed by atoms with Gasteiger partial charge in [-0.15, -0.1) is 0 Å². The minimum atomic E-state index is 0.0448. The number of nitrogens with two attached hydrogens (primary N) is 1. The van der Waals surface area contributed by atoms with Crippen molar-refractivity contribution in [1.29, 1.82) is 0 Å². The molecule has 0 aliphatic rings. The molecular weight excluding hydrogens is 210 g/mol. The fourth-order valence-electron chi connectivity index (χ4n) is 1.90. The molecule has 0 fully saturated rings. The van der Waals surface area contributed by atoms with Crippen molar-refractivity contribution in [1.82, 2.24) is 9.55 Å². The van der Waals surface area contributed by atoms with Gasteiger partial charge in [-0.05, 0) is 30.5 Å². The van der Waals surface area contributed by atoms with Crippen LogP contribution in [0.25, 0.3) is 5.69 Å². The van der Waals surface area contributed by atoms with Crippen LogP contribution in [-0.4, -0.2) is 9.55 Å². The van der Waals surface area contributed by atoms with Crippen LogP contribution in [0.15, 0.2) is 36.8 Å². The van der Waals surface area contributed by atoms with Crippen LogP contribution in [0, 0.1) is 0 Å². The molecule has 1 heterocycles. The molecule has 3 heteroatoms. The summed E-state index contributed by atoms with van der Waals surface area (Å²) in [6.45, 7) is 4.24. The van der Waals surface area contributed by atoms with Gasteiger partial charge in [-0.1, -0.05) is 26.0 Å². The standard InChI is InChI=1S/C14H19N3/c1-3-11-5-7-12(8-6-11)17-10-16-9-14(17)13(15)4-2/h5-10,13H,3-4,15H2,1-2H3/t13-/m1/s1. The van der Waals surface area contributed by atoms with Crippen molar-refractivity contribution in [2.75, 3.05) is 0 Å². The number of imidazole rings is 1. The highest BCUT2D eigenvalue weighted by Gasteiger charge is 2.10. The summed E-state index contributed by atoms with van der Waals surface area (Å²) in [6.07, 6.45) is 5.65. The molecule has 0 bridgehead atoms. The molecular formula is C14H19N3. The molecule has 2 aromatic rings. The molecule has 17 heavy (non-hydrogen) atoms. The van der Waals surface area contributed by atoms with Crippen molar-refractivity contribution in [2.24, 2.45) is 5.73 Å². The maximum Gasteiger partial charge on any atom is 0.0994 e. The highest BCUT2D eigenvalue weighted by molar-refractivity contribution is 5.36. The summed E-state index contributed by atoms with van der Waals surface area (Å²) in [5, 5.41) is 0. The molecule has 0 aliphatic heterocycles. The monoisotopic (exact) mass is 229 g/mol. The molecule has 0 unspecified atom stereocenters. The molecule has 2 N–H and O–H groups in total. The third kappa shape index (κ3) is 2.39. The van der Waals surface area contributed by atoms with Gasteiger partial charge >= 0.3 is 0 Å². The summed E-state index contributed by atoms with van der Waals surface area (Å²) >= 11 is 0. The Kier molecular flexibility index (Phi) is 3.59. The van der Waals surface area contributed by atoms with Crippen molar-refractivity contribution in [3.63, 3.8) is 0 Å². The molecule has 1 aromatic carbocycles. The number of benzene rings is 1. The van der Waals surface area contributed by atoms with Crippen molar-refractivity contribution >= 4 is 0 Å². The van der Waals surface area contributed by atoms with Crippen LogP contribution in [0.1, 0.15) is 37.6 Å². The van der Waals surface area contributed by atoms with Crippen LogP contribution >= 0.6 is 0 Å². The molecule has 3 nitrogen and oxygen atoms in total. The van der Waals surface area contributed by atoms with Crippen LogP contribution in [0.3, 0.4) is 0 Å². The number of hydrogen-bond donors (Lipinski definition) is 1. The summed E-state index contributed by atoms with van der Waals surface area (Å²) in [5.41, 5.74) is 9.61. The lowest BCUT2D eigenvalue weighted by atomic mass is 10.1. The summed E-state index contributed by atoms with van der Waals surface area (Å²) < 4.78 is 2.06. The molecule has 0 radical (unpaired) electrons. The molecule has 1 atom stereocenters. The summed E-state index contributed by atoms with van der Waals surface area (Å²) in [7, 11) is 0. The first kappa shape index (κ1) is 11.9. The quantitative estimate of drug-likeness (QED) is 0.876. The molecule has 1 aromatic heterocycles. The summed E-state index contributed by atoms with van der Waals surface area (Å²) in [6, 6.07) is 8.58. The number of hydrogen-bond acceptors (Lipinski definition) is 2. The second-order valence-corrected chi connectivity index (χ2v) is 4.22. The van der Waals surface area contributed by atoms with Crippen molar-refractivity contribution in [3.8, 4) is 5.69 Å². The van der Waals surface area contributed by atoms with Gasteiger partial charge in [0.15, 0.2) is 0 Å². The fraction of sp³-hybridized carbons (Fsp3) is 0.357. The van der Waals surface area contributed by atoms with Gasteiger partial charge in [0.25, 0.3) is 0 Å². The molecule has 90 valence electrons. The SMILES string of the molecule is CCc1ccc(-n2cncc2[C@H](N)CC)cc1. The summed E-state index contributed by atoms with van der Waals surface area (Å²) in [5.74, 6) is 0. The highest BCUT2D eigenvalue weighted by atomic mass is 15.1. The Bertz CT molecular complexity index is 470. The maximum absolute atomic E-state index is 6.07. The number of aryl methyl sites for hydroxylation is 1. The lowest BCUT2D eigenvalue weighted by Gasteiger charge is -2.13. The van der Waals surface area contributed by atoms with E-state index in [0.29, 0.717) is 0 Å². The normalized spacial score (nSPS) is 12.6. The zero-order valence-electron chi connectivity index (χ0n) is 10.4. The van der Waals surface area contributed by atoms with E-state index in [0.717, 1.165) is 24.2 Å². The van der Waals surface area contributed by atoms with E-state index in [-0.39, 0.29) is 6.04 Å². The van der Waals surface area contributed by atoms with E-state index in [4.69, 9.17) is 5.73 Å². The molecule has 0 saturated carbocycles. The van der Waals surface area contributed by atoms with E-state index < -0.39 is 0 Å². The lowest BCUT2D eigenvalue weighted by molar-refractivity contribution is 0.660. The van der Waals surface area contributed by atoms with Crippen LogP contribution in [0.2, 0.25) is 0 Å². The van der Waals surface area contributed by atoms with Gasteiger partial charge in [0, 0.05) is 11.7 Å². The van der Waals surface area contributed by atoms with Crippen LogP contribution in [-0.2, 0) is 6.42 Å². The van der Waals surface area contributed by atoms with Crippen LogP contribution in [0.4, 0.5) is 0 Å². The Balaban J connectivity index is 2.35. The van der Waals surface area contributed by atoms with Gasteiger partial charge in [0.05, 0.1) is 18.2 Å². The first-order chi connectivity index (χ1) is 8.26. The lowest BCUT2D eigenvalue weighted by Crippen LogP contribution is -2.13. The van der Waals surface area contributed by atoms with E-state index in [1.54, 1.807) is 0 Å². The fourth-order valence-corrected chi connectivity index (χ4v) is 1.90. The van der Waals surface area contributed by atoms with Gasteiger partial charge in [0.2, 0.25) is 0 Å². The third-order valence-corrected chi connectivity index (χ3v) is 3.11. The maximum atomic E-state index is 6.07. The van der Waals surface area contributed by atoms with Crippen molar-refractivity contribution < 1.29 is 0 Å². The second-order valence-electron chi connectivity index (χ2n) is 4.22. The molecule has 0 aliphatic carbocycles. The predicted octanol–water partition coefficient (Wildman–Crippen LogP) is 2.84. The first-order valence-corrected chi connectivity index (χ1v) is 6.13. The van der Waals surface area contributed by atoms with E-state index >= 15 is 0 Å². The Labute approximate surface area is 102 Å². The molecule has 0 amide bonds. The zero-order valence-corrected chi connectivity index (χ0v) is 10.4. The van der Waals surface area contributed by atoms with E-state index in [2.05, 4.69) is 47.7 Å². The number of nitrogens with zero attached hydrogens (tertiary/aromatic N) is 2. The summed E-state index contributed by atoms with van der Waals surface area (Å²) in [4.78, 5) is 4.19. The molecule has 0 saturated heterocycles. The molecule has 0 spiro atoms. The first-order valence-electron chi connectivity index (χ1n) is 6.13. The number of rotatable bonds is 4. The topological polar surface area (TPSA) is 43.8 Å². The van der Waals surface area contributed by atoms with E-state index in [9.17, 15) is 0 Å². The largest absolute Gasteiger partial charge is 0.323 e. The van der Waals surface area contributed by atoms with E-state index in [1.165, 1.54) is 5.56 Å². The average Bonchev–Trinajstić information content (AvgIpc) is 2.87. The van der Waals surface area contributed by atoms with Crippen molar-refractivity contribution in [3.05, 3.63) is 48.0 Å². The van der Waals surface area contributed by atoms with Gasteiger partial charge in [-0.3, -0.25) is 0 Å². The van der Waals surface area contributed by atoms with E-state index in [1.807, 2.05) is 12.5 Å². The Hall–Kier alpha value is -1.61. The minimum Gasteiger partial charge on any atom is -0.323 e. The van der Waals surface area contributed by atoms with Crippen LogP contribution in [0.5, 0.6) is 0 Å². The second kappa shape index (κ2) is 5.15. The average molecular weight is 229 g/mol. The smallest absolute Gasteiger partial charge is 0.0994 e. The van der Waals surface area contributed by atoms with Gasteiger partial charge in [-0.25, -0.2) is 4.98 Å². The van der Waals surface area contributed by atoms with Gasteiger partial charge < -0.3 is 10.3 Å². The Morgan fingerprint density at radius 2 is 1.94 bits per heavy atom. The number of aromatic nitrogens is 2. The predicted molar refractivity (Wildman–Crippen MR) is 70.2 cm³/mol. The Morgan fingerprint density at radius 3 is 2.53 bits per heavy atom. The highest BCUT2D eigenvalue weighted by Crippen LogP contribution is 2.18. The van der Waals surface area contributed by atoms with Gasteiger partial charge in [0.1, 0.15) is 0 Å². The molecule has 2 rings (SSSR count).